The highest BCUT2D eigenvalue weighted by Gasteiger charge is 2.02. The number of hydrogen-bond acceptors (Lipinski definition) is 3. The third kappa shape index (κ3) is 4.34. The molecule has 0 atom stereocenters. The fourth-order valence-corrected chi connectivity index (χ4v) is 0.978. The molecule has 3 N–H and O–H groups in total. The van der Waals surface area contributed by atoms with Crippen molar-refractivity contribution in [1.29, 1.82) is 0 Å². The van der Waals surface area contributed by atoms with E-state index in [1.807, 2.05) is 4.72 Å². The van der Waals surface area contributed by atoms with Crippen molar-refractivity contribution in [2.24, 2.45) is 0 Å². The van der Waals surface area contributed by atoms with E-state index in [9.17, 15) is 8.42 Å². The van der Waals surface area contributed by atoms with E-state index in [1.54, 1.807) is 6.92 Å². The zero-order valence-corrected chi connectivity index (χ0v) is 5.90. The van der Waals surface area contributed by atoms with Crippen LogP contribution >= 0.6 is 0 Å². The summed E-state index contributed by atoms with van der Waals surface area (Å²) in [7, 11) is -3.43. The quantitative estimate of drug-likeness (QED) is 0.426. The molecule has 0 radical (unpaired) electrons. The summed E-state index contributed by atoms with van der Waals surface area (Å²) in [6.45, 7) is 1.39. The Morgan fingerprint density at radius 3 is 2.33 bits per heavy atom. The molecule has 6 heteroatoms. The lowest BCUT2D eigenvalue weighted by Gasteiger charge is -2.01. The van der Waals surface area contributed by atoms with Gasteiger partial charge in [-0.1, -0.05) is 6.92 Å². The minimum Gasteiger partial charge on any atom is -0.380 e. The molecular weight excluding hydrogens is 144 g/mol. The minimum atomic E-state index is -3.43. The van der Waals surface area contributed by atoms with Crippen molar-refractivity contribution < 1.29 is 13.5 Å². The van der Waals surface area contributed by atoms with Crippen LogP contribution in [0.2, 0.25) is 0 Å². The molecule has 0 aromatic carbocycles. The molecule has 0 amide bonds. The van der Waals surface area contributed by atoms with Crippen LogP contribution in [0.4, 0.5) is 0 Å². The average molecular weight is 154 g/mol. The van der Waals surface area contributed by atoms with Crippen LogP contribution in [-0.2, 0) is 10.2 Å². The van der Waals surface area contributed by atoms with E-state index in [-0.39, 0.29) is 0 Å². The molecule has 0 saturated carbocycles. The zero-order valence-electron chi connectivity index (χ0n) is 5.09. The van der Waals surface area contributed by atoms with Gasteiger partial charge in [0, 0.05) is 6.54 Å². The predicted molar refractivity (Wildman–Crippen MR) is 32.8 cm³/mol. The normalized spacial score (nSPS) is 11.8. The van der Waals surface area contributed by atoms with Gasteiger partial charge in [0.05, 0.1) is 0 Å². The molecule has 9 heavy (non-hydrogen) atoms. The van der Waals surface area contributed by atoms with Crippen LogP contribution < -0.4 is 9.44 Å². The molecule has 0 aliphatic heterocycles. The number of nitrogens with one attached hydrogen (secondary N) is 2. The summed E-state index contributed by atoms with van der Waals surface area (Å²) in [6, 6.07) is 0. The predicted octanol–water partition coefficient (Wildman–Crippen LogP) is -1.62. The van der Waals surface area contributed by atoms with Crippen molar-refractivity contribution in [2.75, 3.05) is 13.3 Å². The summed E-state index contributed by atoms with van der Waals surface area (Å²) in [5.41, 5.74) is 0. The van der Waals surface area contributed by atoms with Crippen molar-refractivity contribution in [1.82, 2.24) is 9.44 Å². The molecular formula is C3H10N2O3S. The smallest absolute Gasteiger partial charge is 0.278 e. The van der Waals surface area contributed by atoms with Gasteiger partial charge in [0.15, 0.2) is 0 Å². The van der Waals surface area contributed by atoms with Gasteiger partial charge in [0.2, 0.25) is 0 Å². The molecule has 5 nitrogen and oxygen atoms in total. The Morgan fingerprint density at radius 1 is 1.44 bits per heavy atom. The Bertz CT molecular complexity index is 140. The van der Waals surface area contributed by atoms with Gasteiger partial charge in [0.1, 0.15) is 6.73 Å². The van der Waals surface area contributed by atoms with Crippen LogP contribution in [-0.4, -0.2) is 26.8 Å². The first-order chi connectivity index (χ1) is 4.12. The third-order valence-electron chi connectivity index (χ3n) is 0.589. The highest BCUT2D eigenvalue weighted by molar-refractivity contribution is 7.87. The number of hydrogen-bond donors (Lipinski definition) is 3. The van der Waals surface area contributed by atoms with Gasteiger partial charge in [-0.2, -0.15) is 13.1 Å². The molecule has 0 aliphatic rings. The van der Waals surface area contributed by atoms with Crippen LogP contribution in [0.3, 0.4) is 0 Å². The highest BCUT2D eigenvalue weighted by Crippen LogP contribution is 1.70. The number of aliphatic hydroxyl groups excluding tert-OH is 1. The summed E-state index contributed by atoms with van der Waals surface area (Å²) in [4.78, 5) is 0. The van der Waals surface area contributed by atoms with Gasteiger partial charge < -0.3 is 5.11 Å². The van der Waals surface area contributed by atoms with Crippen LogP contribution in [0.15, 0.2) is 0 Å². The van der Waals surface area contributed by atoms with Crippen LogP contribution in [0, 0.1) is 0 Å². The van der Waals surface area contributed by atoms with Gasteiger partial charge in [-0.3, -0.25) is 0 Å². The molecule has 56 valence electrons. The van der Waals surface area contributed by atoms with Crippen molar-refractivity contribution >= 4 is 10.2 Å². The monoisotopic (exact) mass is 154 g/mol. The zero-order chi connectivity index (χ0) is 7.33. The maximum atomic E-state index is 10.4. The Kier molecular flexibility index (Phi) is 3.71. The summed E-state index contributed by atoms with van der Waals surface area (Å²) in [5, 5.41) is 8.10. The van der Waals surface area contributed by atoms with Gasteiger partial charge in [-0.05, 0) is 0 Å². The van der Waals surface area contributed by atoms with E-state index in [0.717, 1.165) is 0 Å². The largest absolute Gasteiger partial charge is 0.380 e. The molecule has 0 aliphatic carbocycles. The SMILES string of the molecule is CCNS(=O)(=O)NCO. The molecule has 0 spiro atoms. The van der Waals surface area contributed by atoms with Gasteiger partial charge in [-0.25, -0.2) is 4.72 Å². The van der Waals surface area contributed by atoms with Gasteiger partial charge in [-0.15, -0.1) is 0 Å². The Hall–Kier alpha value is -0.170. The van der Waals surface area contributed by atoms with E-state index in [4.69, 9.17) is 5.11 Å². The first-order valence-electron chi connectivity index (χ1n) is 2.47. The number of aliphatic hydroxyl groups is 1. The Labute approximate surface area is 54.3 Å². The van der Waals surface area contributed by atoms with Crippen LogP contribution in [0.25, 0.3) is 0 Å². The highest BCUT2D eigenvalue weighted by atomic mass is 32.2. The summed E-state index contributed by atoms with van der Waals surface area (Å²) in [5.74, 6) is 0. The lowest BCUT2D eigenvalue weighted by Crippen LogP contribution is -2.36. The molecule has 0 aromatic rings. The van der Waals surface area contributed by atoms with E-state index in [0.29, 0.717) is 6.54 Å². The van der Waals surface area contributed by atoms with Crippen molar-refractivity contribution in [3.63, 3.8) is 0 Å². The van der Waals surface area contributed by atoms with Crippen LogP contribution in [0.1, 0.15) is 6.92 Å². The van der Waals surface area contributed by atoms with E-state index in [2.05, 4.69) is 4.72 Å². The fourth-order valence-electron chi connectivity index (χ4n) is 0.326. The second-order valence-electron chi connectivity index (χ2n) is 1.30. The second kappa shape index (κ2) is 3.78. The molecule has 0 unspecified atom stereocenters. The third-order valence-corrected chi connectivity index (χ3v) is 1.77. The summed E-state index contributed by atoms with van der Waals surface area (Å²) < 4.78 is 24.9. The topological polar surface area (TPSA) is 78.4 Å². The van der Waals surface area contributed by atoms with Crippen LogP contribution in [0.5, 0.6) is 0 Å². The van der Waals surface area contributed by atoms with E-state index >= 15 is 0 Å². The molecule has 0 bridgehead atoms. The molecule has 0 rings (SSSR count). The fraction of sp³-hybridized carbons (Fsp3) is 1.00. The first kappa shape index (κ1) is 8.83. The number of rotatable bonds is 4. The lowest BCUT2D eigenvalue weighted by molar-refractivity contribution is 0.287. The Balaban J connectivity index is 3.73. The maximum Gasteiger partial charge on any atom is 0.278 e. The molecule has 0 fully saturated rings. The minimum absolute atomic E-state index is 0.315. The average Bonchev–Trinajstić information content (AvgIpc) is 1.64. The lowest BCUT2D eigenvalue weighted by atomic mass is 10.8. The molecule has 0 saturated heterocycles. The van der Waals surface area contributed by atoms with Crippen molar-refractivity contribution in [3.8, 4) is 0 Å². The summed E-state index contributed by atoms with van der Waals surface area (Å²) >= 11 is 0. The molecule has 0 aromatic heterocycles. The first-order valence-corrected chi connectivity index (χ1v) is 3.96. The van der Waals surface area contributed by atoms with E-state index in [1.165, 1.54) is 0 Å². The maximum absolute atomic E-state index is 10.4. The van der Waals surface area contributed by atoms with Gasteiger partial charge >= 0.3 is 0 Å². The molecule has 0 heterocycles. The summed E-state index contributed by atoms with van der Waals surface area (Å²) in [6.07, 6.45) is 0. The van der Waals surface area contributed by atoms with Crippen molar-refractivity contribution in [3.05, 3.63) is 0 Å². The van der Waals surface area contributed by atoms with Gasteiger partial charge in [0.25, 0.3) is 10.2 Å². The standard InChI is InChI=1S/C3H10N2O3S/c1-2-4-9(7,8)5-3-6/h4-6H,2-3H2,1H3. The Morgan fingerprint density at radius 2 is 2.00 bits per heavy atom. The van der Waals surface area contributed by atoms with Crippen molar-refractivity contribution in [2.45, 2.75) is 6.92 Å². The second-order valence-corrected chi connectivity index (χ2v) is 2.89. The van der Waals surface area contributed by atoms with E-state index < -0.39 is 16.9 Å².